The zero-order valence-corrected chi connectivity index (χ0v) is 10.6. The van der Waals surface area contributed by atoms with Gasteiger partial charge < -0.3 is 5.32 Å². The van der Waals surface area contributed by atoms with E-state index in [1.54, 1.807) is 6.20 Å². The van der Waals surface area contributed by atoms with Crippen molar-refractivity contribution in [3.8, 4) is 6.07 Å². The van der Waals surface area contributed by atoms with Gasteiger partial charge in [0.15, 0.2) is 0 Å². The summed E-state index contributed by atoms with van der Waals surface area (Å²) < 4.78 is 0. The van der Waals surface area contributed by atoms with Gasteiger partial charge in [-0.2, -0.15) is 5.26 Å². The van der Waals surface area contributed by atoms with Gasteiger partial charge in [-0.05, 0) is 30.0 Å². The first kappa shape index (κ1) is 11.9. The van der Waals surface area contributed by atoms with Crippen molar-refractivity contribution >= 4 is 0 Å². The Morgan fingerprint density at radius 2 is 2.16 bits per heavy atom. The molecule has 1 aromatic carbocycles. The number of benzene rings is 1. The van der Waals surface area contributed by atoms with E-state index >= 15 is 0 Å². The number of nitrogens with one attached hydrogen (secondary N) is 1. The number of aromatic nitrogens is 1. The number of hydrogen-bond donors (Lipinski definition) is 1. The number of fused-ring (bicyclic) bond motifs is 1. The van der Waals surface area contributed by atoms with Crippen LogP contribution in [0.1, 0.15) is 34.8 Å². The highest BCUT2D eigenvalue weighted by Crippen LogP contribution is 2.30. The molecule has 2 aromatic rings. The first-order valence-corrected chi connectivity index (χ1v) is 6.53. The highest BCUT2D eigenvalue weighted by molar-refractivity contribution is 5.35. The fourth-order valence-electron chi connectivity index (χ4n) is 2.68. The van der Waals surface area contributed by atoms with Crippen LogP contribution in [0.5, 0.6) is 0 Å². The molecule has 0 aliphatic heterocycles. The molecular formula is C16H15N3. The monoisotopic (exact) mass is 249 g/mol. The van der Waals surface area contributed by atoms with Gasteiger partial charge in [-0.1, -0.05) is 30.3 Å². The predicted molar refractivity (Wildman–Crippen MR) is 73.3 cm³/mol. The topological polar surface area (TPSA) is 48.7 Å². The summed E-state index contributed by atoms with van der Waals surface area (Å²) in [7, 11) is 0. The van der Waals surface area contributed by atoms with Crippen LogP contribution in [0.2, 0.25) is 0 Å². The van der Waals surface area contributed by atoms with Gasteiger partial charge >= 0.3 is 0 Å². The zero-order valence-electron chi connectivity index (χ0n) is 10.6. The number of nitrogens with zero attached hydrogens (tertiary/aromatic N) is 2. The molecule has 1 aliphatic rings. The highest BCUT2D eigenvalue weighted by atomic mass is 14.9. The Bertz CT molecular complexity index is 628. The molecule has 3 rings (SSSR count). The Morgan fingerprint density at radius 3 is 3.05 bits per heavy atom. The van der Waals surface area contributed by atoms with Gasteiger partial charge in [0, 0.05) is 24.3 Å². The number of hydrogen-bond acceptors (Lipinski definition) is 3. The van der Waals surface area contributed by atoms with Crippen molar-refractivity contribution in [3.05, 3.63) is 65.0 Å². The summed E-state index contributed by atoms with van der Waals surface area (Å²) >= 11 is 0. The van der Waals surface area contributed by atoms with Crippen molar-refractivity contribution in [1.29, 1.82) is 5.26 Å². The van der Waals surface area contributed by atoms with E-state index in [1.807, 2.05) is 12.1 Å². The maximum absolute atomic E-state index is 9.03. The van der Waals surface area contributed by atoms with E-state index < -0.39 is 0 Å². The smallest absolute Gasteiger partial charge is 0.144 e. The fourth-order valence-corrected chi connectivity index (χ4v) is 2.68. The number of pyridine rings is 1. The van der Waals surface area contributed by atoms with Gasteiger partial charge in [-0.3, -0.25) is 0 Å². The van der Waals surface area contributed by atoms with E-state index in [1.165, 1.54) is 11.1 Å². The Kier molecular flexibility index (Phi) is 3.26. The summed E-state index contributed by atoms with van der Waals surface area (Å²) in [6, 6.07) is 14.9. The summed E-state index contributed by atoms with van der Waals surface area (Å²) in [5.74, 6) is 0. The van der Waals surface area contributed by atoms with Gasteiger partial charge in [-0.25, -0.2) is 4.98 Å². The SMILES string of the molecule is N#Cc1ncccc1CNC1CCc2ccccc21. The van der Waals surface area contributed by atoms with Crippen molar-refractivity contribution in [2.75, 3.05) is 0 Å². The second kappa shape index (κ2) is 5.21. The van der Waals surface area contributed by atoms with Crippen molar-refractivity contribution in [3.63, 3.8) is 0 Å². The van der Waals surface area contributed by atoms with Crippen LogP contribution in [-0.4, -0.2) is 4.98 Å². The average Bonchev–Trinajstić information content (AvgIpc) is 2.89. The molecule has 3 nitrogen and oxygen atoms in total. The number of nitriles is 1. The first-order chi connectivity index (χ1) is 9.38. The van der Waals surface area contributed by atoms with Gasteiger partial charge in [0.1, 0.15) is 11.8 Å². The maximum atomic E-state index is 9.03. The molecule has 0 saturated heterocycles. The maximum Gasteiger partial charge on any atom is 0.144 e. The molecular weight excluding hydrogens is 234 g/mol. The van der Waals surface area contributed by atoms with E-state index in [-0.39, 0.29) is 0 Å². The third-order valence-electron chi connectivity index (χ3n) is 3.67. The van der Waals surface area contributed by atoms with Crippen molar-refractivity contribution < 1.29 is 0 Å². The highest BCUT2D eigenvalue weighted by Gasteiger charge is 2.21. The largest absolute Gasteiger partial charge is 0.306 e. The van der Waals surface area contributed by atoms with E-state index in [4.69, 9.17) is 5.26 Å². The molecule has 94 valence electrons. The van der Waals surface area contributed by atoms with Crippen LogP contribution >= 0.6 is 0 Å². The molecule has 1 atom stereocenters. The van der Waals surface area contributed by atoms with Gasteiger partial charge in [0.2, 0.25) is 0 Å². The number of rotatable bonds is 3. The molecule has 1 N–H and O–H groups in total. The minimum absolute atomic E-state index is 0.392. The molecule has 1 unspecified atom stereocenters. The molecule has 1 aliphatic carbocycles. The molecule has 0 saturated carbocycles. The van der Waals surface area contributed by atoms with Crippen LogP contribution in [0.25, 0.3) is 0 Å². The van der Waals surface area contributed by atoms with Crippen molar-refractivity contribution in [2.24, 2.45) is 0 Å². The molecule has 3 heteroatoms. The lowest BCUT2D eigenvalue weighted by molar-refractivity contribution is 0.529. The van der Waals surface area contributed by atoms with Crippen LogP contribution in [-0.2, 0) is 13.0 Å². The summed E-state index contributed by atoms with van der Waals surface area (Å²) in [6.07, 6.45) is 3.92. The summed E-state index contributed by atoms with van der Waals surface area (Å²) in [6.45, 7) is 0.690. The second-order valence-corrected chi connectivity index (χ2v) is 4.79. The molecule has 19 heavy (non-hydrogen) atoms. The Labute approximate surface area is 112 Å². The lowest BCUT2D eigenvalue weighted by Crippen LogP contribution is -2.19. The van der Waals surface area contributed by atoms with Crippen LogP contribution in [0.3, 0.4) is 0 Å². The first-order valence-electron chi connectivity index (χ1n) is 6.53. The summed E-state index contributed by atoms with van der Waals surface area (Å²) in [5, 5.41) is 12.6. The van der Waals surface area contributed by atoms with Crippen LogP contribution in [0.4, 0.5) is 0 Å². The molecule has 0 amide bonds. The van der Waals surface area contributed by atoms with Crippen LogP contribution in [0.15, 0.2) is 42.6 Å². The molecule has 0 fully saturated rings. The zero-order chi connectivity index (χ0) is 13.1. The Balaban J connectivity index is 1.73. The quantitative estimate of drug-likeness (QED) is 0.910. The van der Waals surface area contributed by atoms with E-state index in [9.17, 15) is 0 Å². The minimum Gasteiger partial charge on any atom is -0.306 e. The second-order valence-electron chi connectivity index (χ2n) is 4.79. The van der Waals surface area contributed by atoms with E-state index in [0.717, 1.165) is 18.4 Å². The molecule has 1 aromatic heterocycles. The van der Waals surface area contributed by atoms with Gasteiger partial charge in [0.05, 0.1) is 0 Å². The predicted octanol–water partition coefficient (Wildman–Crippen LogP) is 2.73. The number of aryl methyl sites for hydroxylation is 1. The van der Waals surface area contributed by atoms with Crippen LogP contribution in [0, 0.1) is 11.3 Å². The molecule has 0 spiro atoms. The minimum atomic E-state index is 0.392. The van der Waals surface area contributed by atoms with Crippen molar-refractivity contribution in [1.82, 2.24) is 10.3 Å². The van der Waals surface area contributed by atoms with Gasteiger partial charge in [-0.15, -0.1) is 0 Å². The fraction of sp³-hybridized carbons (Fsp3) is 0.250. The standard InChI is InChI=1S/C16H15N3/c17-10-16-13(5-3-9-18-16)11-19-15-8-7-12-4-1-2-6-14(12)15/h1-6,9,15,19H,7-8,11H2. The average molecular weight is 249 g/mol. The molecule has 0 bridgehead atoms. The Morgan fingerprint density at radius 1 is 1.26 bits per heavy atom. The van der Waals surface area contributed by atoms with Gasteiger partial charge in [0.25, 0.3) is 0 Å². The third-order valence-corrected chi connectivity index (χ3v) is 3.67. The van der Waals surface area contributed by atoms with E-state index in [2.05, 4.69) is 40.6 Å². The lowest BCUT2D eigenvalue weighted by atomic mass is 10.1. The van der Waals surface area contributed by atoms with E-state index in [0.29, 0.717) is 18.3 Å². The summed E-state index contributed by atoms with van der Waals surface area (Å²) in [5.41, 5.74) is 4.31. The molecule has 1 heterocycles. The third kappa shape index (κ3) is 2.35. The molecule has 0 radical (unpaired) electrons. The van der Waals surface area contributed by atoms with Crippen LogP contribution < -0.4 is 5.32 Å². The lowest BCUT2D eigenvalue weighted by Gasteiger charge is -2.14. The Hall–Kier alpha value is -2.18. The van der Waals surface area contributed by atoms with Crippen molar-refractivity contribution in [2.45, 2.75) is 25.4 Å². The summed E-state index contributed by atoms with van der Waals surface area (Å²) in [4.78, 5) is 4.09. The normalized spacial score (nSPS) is 16.9.